The molecule has 0 aliphatic carbocycles. The number of fused-ring (bicyclic) bond motifs is 1. The van der Waals surface area contributed by atoms with Crippen molar-refractivity contribution in [2.75, 3.05) is 7.11 Å². The minimum Gasteiger partial charge on any atom is -0.477 e. The zero-order valence-electron chi connectivity index (χ0n) is 10.4. The molecule has 0 saturated carbocycles. The summed E-state index contributed by atoms with van der Waals surface area (Å²) in [7, 11) is 1.31. The van der Waals surface area contributed by atoms with Crippen molar-refractivity contribution in [3.8, 4) is 0 Å². The van der Waals surface area contributed by atoms with E-state index in [4.69, 9.17) is 5.11 Å². The summed E-state index contributed by atoms with van der Waals surface area (Å²) in [6.07, 6.45) is 1.11. The zero-order valence-corrected chi connectivity index (χ0v) is 10.4. The first kappa shape index (κ1) is 14.4. The number of carboxylic acid groups (broad SMARTS) is 1. The second kappa shape index (κ2) is 6.90. The molecule has 0 radical (unpaired) electrons. The van der Waals surface area contributed by atoms with Gasteiger partial charge in [0.2, 0.25) is 0 Å². The number of aromatic nitrogens is 1. The summed E-state index contributed by atoms with van der Waals surface area (Å²) in [4.78, 5) is 24.4. The number of ether oxygens (including phenoxy) is 1. The minimum absolute atomic E-state index is 0.0821. The van der Waals surface area contributed by atoms with Crippen LogP contribution in [-0.2, 0) is 9.53 Å². The lowest BCUT2D eigenvalue weighted by Gasteiger charge is -1.97. The highest BCUT2D eigenvalue weighted by Crippen LogP contribution is 2.11. The Labute approximate surface area is 110 Å². The molecule has 2 rings (SSSR count). The Morgan fingerprint density at radius 3 is 2.47 bits per heavy atom. The summed E-state index contributed by atoms with van der Waals surface area (Å²) >= 11 is 0. The second-order valence-corrected chi connectivity index (χ2v) is 3.42. The smallest absolute Gasteiger partial charge is 0.354 e. The van der Waals surface area contributed by atoms with Crippen LogP contribution in [-0.4, -0.2) is 29.1 Å². The van der Waals surface area contributed by atoms with Crippen LogP contribution >= 0.6 is 0 Å². The summed E-state index contributed by atoms with van der Waals surface area (Å²) in [5.74, 6) is -1.39. The van der Waals surface area contributed by atoms with Crippen LogP contribution in [0.25, 0.3) is 10.9 Å². The molecule has 1 N–H and O–H groups in total. The standard InChI is InChI=1S/C10H7NO2.C4H6O2/c12-10(13)9-6-5-7-3-1-2-4-8(7)11-9;1-3-4(5)6-2/h1-6H,(H,12,13);3H,1H2,2H3. The van der Waals surface area contributed by atoms with Gasteiger partial charge in [0.1, 0.15) is 5.69 Å². The Hall–Kier alpha value is -2.69. The van der Waals surface area contributed by atoms with Gasteiger partial charge in [0.15, 0.2) is 0 Å². The Balaban J connectivity index is 0.000000258. The average molecular weight is 259 g/mol. The molecule has 19 heavy (non-hydrogen) atoms. The van der Waals surface area contributed by atoms with Crippen molar-refractivity contribution in [1.82, 2.24) is 4.98 Å². The highest BCUT2D eigenvalue weighted by Gasteiger charge is 2.03. The van der Waals surface area contributed by atoms with E-state index in [2.05, 4.69) is 16.3 Å². The Kier molecular flexibility index (Phi) is 5.22. The third-order valence-electron chi connectivity index (χ3n) is 2.19. The van der Waals surface area contributed by atoms with Crippen LogP contribution in [0.4, 0.5) is 0 Å². The van der Waals surface area contributed by atoms with Gasteiger partial charge < -0.3 is 9.84 Å². The first-order chi connectivity index (χ1) is 9.08. The fourth-order valence-electron chi connectivity index (χ4n) is 1.27. The van der Waals surface area contributed by atoms with Crippen molar-refractivity contribution in [3.05, 3.63) is 54.7 Å². The number of aromatic carboxylic acids is 1. The molecule has 1 aromatic carbocycles. The topological polar surface area (TPSA) is 76.5 Å². The quantitative estimate of drug-likeness (QED) is 0.661. The summed E-state index contributed by atoms with van der Waals surface area (Å²) in [5, 5.41) is 9.63. The highest BCUT2D eigenvalue weighted by atomic mass is 16.5. The SMILES string of the molecule is C=CC(=O)OC.O=C(O)c1ccc2ccccc2n1. The van der Waals surface area contributed by atoms with Crippen LogP contribution in [0.1, 0.15) is 10.5 Å². The van der Waals surface area contributed by atoms with E-state index in [1.54, 1.807) is 12.1 Å². The first-order valence-corrected chi connectivity index (χ1v) is 5.38. The van der Waals surface area contributed by atoms with Gasteiger partial charge >= 0.3 is 11.9 Å². The number of carbonyl (C=O) groups excluding carboxylic acids is 1. The van der Waals surface area contributed by atoms with Gasteiger partial charge in [0.25, 0.3) is 0 Å². The summed E-state index contributed by atoms with van der Waals surface area (Å²) in [6.45, 7) is 3.16. The van der Waals surface area contributed by atoms with E-state index in [1.165, 1.54) is 13.2 Å². The van der Waals surface area contributed by atoms with E-state index in [0.717, 1.165) is 11.5 Å². The fourth-order valence-corrected chi connectivity index (χ4v) is 1.27. The van der Waals surface area contributed by atoms with Crippen LogP contribution in [0, 0.1) is 0 Å². The number of hydrogen-bond acceptors (Lipinski definition) is 4. The van der Waals surface area contributed by atoms with Gasteiger partial charge in [-0.25, -0.2) is 14.6 Å². The van der Waals surface area contributed by atoms with E-state index in [-0.39, 0.29) is 5.69 Å². The molecule has 0 amide bonds. The molecule has 0 atom stereocenters. The molecule has 5 heteroatoms. The number of rotatable bonds is 2. The van der Waals surface area contributed by atoms with Gasteiger partial charge in [-0.05, 0) is 12.1 Å². The van der Waals surface area contributed by atoms with E-state index in [9.17, 15) is 9.59 Å². The Morgan fingerprint density at radius 1 is 1.26 bits per heavy atom. The summed E-state index contributed by atoms with van der Waals surface area (Å²) in [6, 6.07) is 10.7. The molecule has 1 aromatic heterocycles. The molecular formula is C14H13NO4. The summed E-state index contributed by atoms with van der Waals surface area (Å²) in [5.41, 5.74) is 0.793. The van der Waals surface area contributed by atoms with E-state index < -0.39 is 11.9 Å². The average Bonchev–Trinajstić information content (AvgIpc) is 2.46. The Morgan fingerprint density at radius 2 is 1.95 bits per heavy atom. The van der Waals surface area contributed by atoms with Gasteiger partial charge in [0, 0.05) is 11.5 Å². The maximum absolute atomic E-state index is 10.6. The van der Waals surface area contributed by atoms with Crippen LogP contribution < -0.4 is 0 Å². The van der Waals surface area contributed by atoms with E-state index >= 15 is 0 Å². The van der Waals surface area contributed by atoms with Gasteiger partial charge in [-0.1, -0.05) is 30.8 Å². The van der Waals surface area contributed by atoms with Crippen LogP contribution in [0.3, 0.4) is 0 Å². The van der Waals surface area contributed by atoms with Crippen molar-refractivity contribution in [2.24, 2.45) is 0 Å². The van der Waals surface area contributed by atoms with Crippen molar-refractivity contribution in [3.63, 3.8) is 0 Å². The maximum atomic E-state index is 10.6. The molecule has 0 saturated heterocycles. The molecule has 0 unspecified atom stereocenters. The van der Waals surface area contributed by atoms with Gasteiger partial charge in [-0.15, -0.1) is 0 Å². The van der Waals surface area contributed by atoms with Crippen molar-refractivity contribution in [1.29, 1.82) is 0 Å². The third-order valence-corrected chi connectivity index (χ3v) is 2.19. The minimum atomic E-state index is -0.995. The maximum Gasteiger partial charge on any atom is 0.354 e. The number of hydrogen-bond donors (Lipinski definition) is 1. The van der Waals surface area contributed by atoms with Crippen molar-refractivity contribution in [2.45, 2.75) is 0 Å². The third kappa shape index (κ3) is 4.23. The molecule has 2 aromatic rings. The molecule has 0 spiro atoms. The van der Waals surface area contributed by atoms with Crippen LogP contribution in [0.2, 0.25) is 0 Å². The van der Waals surface area contributed by atoms with E-state index in [0.29, 0.717) is 5.52 Å². The van der Waals surface area contributed by atoms with Crippen LogP contribution in [0.5, 0.6) is 0 Å². The van der Waals surface area contributed by atoms with Crippen molar-refractivity contribution >= 4 is 22.8 Å². The van der Waals surface area contributed by atoms with Gasteiger partial charge in [-0.3, -0.25) is 0 Å². The molecular weight excluding hydrogens is 246 g/mol. The number of carboxylic acids is 1. The molecule has 0 fully saturated rings. The molecule has 5 nitrogen and oxygen atoms in total. The Bertz CT molecular complexity index is 607. The number of esters is 1. The monoisotopic (exact) mass is 259 g/mol. The molecule has 0 aliphatic heterocycles. The lowest BCUT2D eigenvalue weighted by Crippen LogP contribution is -1.99. The fraction of sp³-hybridized carbons (Fsp3) is 0.0714. The zero-order chi connectivity index (χ0) is 14.3. The molecule has 98 valence electrons. The predicted octanol–water partition coefficient (Wildman–Crippen LogP) is 2.28. The number of para-hydroxylation sites is 1. The number of nitrogens with zero attached hydrogens (tertiary/aromatic N) is 1. The summed E-state index contributed by atoms with van der Waals surface area (Å²) < 4.78 is 4.14. The first-order valence-electron chi connectivity index (χ1n) is 5.38. The number of benzene rings is 1. The largest absolute Gasteiger partial charge is 0.477 e. The lowest BCUT2D eigenvalue weighted by atomic mass is 10.2. The second-order valence-electron chi connectivity index (χ2n) is 3.42. The van der Waals surface area contributed by atoms with Crippen molar-refractivity contribution < 1.29 is 19.4 Å². The molecule has 1 heterocycles. The normalized spacial score (nSPS) is 9.11. The lowest BCUT2D eigenvalue weighted by molar-refractivity contribution is -0.134. The molecule has 0 aliphatic rings. The van der Waals surface area contributed by atoms with Crippen LogP contribution in [0.15, 0.2) is 49.1 Å². The predicted molar refractivity (Wildman–Crippen MR) is 70.9 cm³/mol. The van der Waals surface area contributed by atoms with Gasteiger partial charge in [-0.2, -0.15) is 0 Å². The molecule has 0 bridgehead atoms. The van der Waals surface area contributed by atoms with E-state index in [1.807, 2.05) is 18.2 Å². The number of pyridine rings is 1. The number of carbonyl (C=O) groups is 2. The number of methoxy groups -OCH3 is 1. The van der Waals surface area contributed by atoms with Gasteiger partial charge in [0.05, 0.1) is 12.6 Å². The highest BCUT2D eigenvalue weighted by molar-refractivity contribution is 5.89.